The molecule has 0 aliphatic carbocycles. The lowest BCUT2D eigenvalue weighted by atomic mass is 10.2. The molecule has 2 aromatic carbocycles. The topological polar surface area (TPSA) is 121 Å². The van der Waals surface area contributed by atoms with Crippen LogP contribution in [0.15, 0.2) is 68.7 Å². The third kappa shape index (κ3) is 5.01. The first kappa shape index (κ1) is 21.7. The van der Waals surface area contributed by atoms with Crippen LogP contribution in [0.3, 0.4) is 0 Å². The average Bonchev–Trinajstić information content (AvgIpc) is 3.50. The van der Waals surface area contributed by atoms with Crippen molar-refractivity contribution in [2.24, 2.45) is 0 Å². The summed E-state index contributed by atoms with van der Waals surface area (Å²) in [5.41, 5.74) is 3.64. The number of nitro benzene ring substituents is 1. The van der Waals surface area contributed by atoms with Crippen molar-refractivity contribution < 1.29 is 18.9 Å². The van der Waals surface area contributed by atoms with Crippen LogP contribution in [0, 0.1) is 10.1 Å². The van der Waals surface area contributed by atoms with E-state index in [0.717, 1.165) is 10.6 Å². The number of esters is 1. The lowest BCUT2D eigenvalue weighted by molar-refractivity contribution is -0.384. The summed E-state index contributed by atoms with van der Waals surface area (Å²) < 4.78 is 11.2. The summed E-state index contributed by atoms with van der Waals surface area (Å²) in [6.45, 7) is 1.63. The molecule has 0 spiro atoms. The first-order valence-electron chi connectivity index (χ1n) is 9.39. The number of benzene rings is 2. The number of thiazole rings is 1. The second-order valence-electron chi connectivity index (χ2n) is 6.56. The maximum Gasteiger partial charge on any atom is 0.340 e. The van der Waals surface area contributed by atoms with Gasteiger partial charge in [0.05, 0.1) is 21.7 Å². The first-order chi connectivity index (χ1) is 15.5. The van der Waals surface area contributed by atoms with E-state index in [2.05, 4.69) is 15.2 Å². The number of aromatic nitrogens is 3. The van der Waals surface area contributed by atoms with Gasteiger partial charge in [-0.1, -0.05) is 12.1 Å². The summed E-state index contributed by atoms with van der Waals surface area (Å²) in [6, 6.07) is 12.9. The van der Waals surface area contributed by atoms with Crippen molar-refractivity contribution in [3.63, 3.8) is 0 Å². The Morgan fingerprint density at radius 2 is 2.00 bits per heavy atom. The zero-order valence-corrected chi connectivity index (χ0v) is 18.3. The number of carbonyl (C=O) groups excluding carboxylic acids is 1. The monoisotopic (exact) mass is 468 g/mol. The Hall–Kier alpha value is -3.57. The van der Waals surface area contributed by atoms with Crippen LogP contribution in [-0.4, -0.2) is 26.1 Å². The van der Waals surface area contributed by atoms with E-state index >= 15 is 0 Å². The molecule has 4 aromatic rings. The van der Waals surface area contributed by atoms with Crippen molar-refractivity contribution in [3.05, 3.63) is 86.7 Å². The lowest BCUT2D eigenvalue weighted by Crippen LogP contribution is -2.10. The number of carbonyl (C=O) groups is 1. The molecule has 0 amide bonds. The molecule has 0 N–H and O–H groups in total. The van der Waals surface area contributed by atoms with Crippen molar-refractivity contribution in [1.29, 1.82) is 0 Å². The second kappa shape index (κ2) is 9.71. The Kier molecular flexibility index (Phi) is 6.57. The molecule has 11 heteroatoms. The number of nitro groups is 1. The molecule has 1 unspecified atom stereocenters. The summed E-state index contributed by atoms with van der Waals surface area (Å²) >= 11 is 3.03. The van der Waals surface area contributed by atoms with Crippen molar-refractivity contribution in [1.82, 2.24) is 15.2 Å². The first-order valence-corrected chi connectivity index (χ1v) is 11.3. The summed E-state index contributed by atoms with van der Waals surface area (Å²) in [5.74, 6) is 0.441. The van der Waals surface area contributed by atoms with Gasteiger partial charge in [0.15, 0.2) is 6.10 Å². The number of nitrogens with zero attached hydrogens (tertiary/aromatic N) is 4. The SMILES string of the molecule is CC(OC(=O)c1ccccc1SCc1cscn1)c1nnc(-c2ccc([N+](=O)[O-])cc2)o1. The fourth-order valence-electron chi connectivity index (χ4n) is 2.74. The van der Waals surface area contributed by atoms with E-state index in [9.17, 15) is 14.9 Å². The Morgan fingerprint density at radius 1 is 1.22 bits per heavy atom. The van der Waals surface area contributed by atoms with E-state index < -0.39 is 17.0 Å². The molecule has 162 valence electrons. The molecule has 0 fully saturated rings. The number of thioether (sulfide) groups is 1. The van der Waals surface area contributed by atoms with Crippen molar-refractivity contribution in [2.45, 2.75) is 23.7 Å². The van der Waals surface area contributed by atoms with E-state index in [0.29, 0.717) is 16.9 Å². The van der Waals surface area contributed by atoms with Gasteiger partial charge in [-0.15, -0.1) is 33.3 Å². The fraction of sp³-hybridized carbons (Fsp3) is 0.143. The van der Waals surface area contributed by atoms with Gasteiger partial charge in [0.25, 0.3) is 11.6 Å². The van der Waals surface area contributed by atoms with Crippen molar-refractivity contribution in [2.75, 3.05) is 0 Å². The van der Waals surface area contributed by atoms with Crippen molar-refractivity contribution >= 4 is 34.8 Å². The number of rotatable bonds is 8. The minimum Gasteiger partial charge on any atom is -0.449 e. The highest BCUT2D eigenvalue weighted by Gasteiger charge is 2.22. The molecule has 32 heavy (non-hydrogen) atoms. The van der Waals surface area contributed by atoms with Crippen LogP contribution >= 0.6 is 23.1 Å². The van der Waals surface area contributed by atoms with E-state index in [1.165, 1.54) is 47.4 Å². The molecular formula is C21H16N4O5S2. The maximum absolute atomic E-state index is 12.8. The van der Waals surface area contributed by atoms with Gasteiger partial charge in [-0.3, -0.25) is 10.1 Å². The summed E-state index contributed by atoms with van der Waals surface area (Å²) in [6.07, 6.45) is -0.779. The van der Waals surface area contributed by atoms with Crippen LogP contribution in [0.25, 0.3) is 11.5 Å². The van der Waals surface area contributed by atoms with Gasteiger partial charge in [0.1, 0.15) is 0 Å². The summed E-state index contributed by atoms with van der Waals surface area (Å²) in [7, 11) is 0. The average molecular weight is 469 g/mol. The van der Waals surface area contributed by atoms with Gasteiger partial charge in [-0.25, -0.2) is 9.78 Å². The van der Waals surface area contributed by atoms with Crippen LogP contribution in [0.2, 0.25) is 0 Å². The second-order valence-corrected chi connectivity index (χ2v) is 8.30. The van der Waals surface area contributed by atoms with Crippen LogP contribution in [0.5, 0.6) is 0 Å². The smallest absolute Gasteiger partial charge is 0.340 e. The largest absolute Gasteiger partial charge is 0.449 e. The Balaban J connectivity index is 1.44. The summed E-state index contributed by atoms with van der Waals surface area (Å²) in [5, 5.41) is 20.7. The molecular weight excluding hydrogens is 452 g/mol. The van der Waals surface area contributed by atoms with Gasteiger partial charge < -0.3 is 9.15 Å². The van der Waals surface area contributed by atoms with E-state index in [1.807, 2.05) is 17.5 Å². The highest BCUT2D eigenvalue weighted by Crippen LogP contribution is 2.29. The van der Waals surface area contributed by atoms with E-state index in [4.69, 9.17) is 9.15 Å². The van der Waals surface area contributed by atoms with Gasteiger partial charge in [0, 0.05) is 33.7 Å². The highest BCUT2D eigenvalue weighted by atomic mass is 32.2. The molecule has 9 nitrogen and oxygen atoms in total. The van der Waals surface area contributed by atoms with Gasteiger partial charge in [-0.2, -0.15) is 0 Å². The maximum atomic E-state index is 12.8. The third-order valence-electron chi connectivity index (χ3n) is 4.36. The molecule has 0 aliphatic rings. The number of ether oxygens (including phenoxy) is 1. The van der Waals surface area contributed by atoms with Crippen LogP contribution in [0.4, 0.5) is 5.69 Å². The van der Waals surface area contributed by atoms with Gasteiger partial charge in [0.2, 0.25) is 5.89 Å². The predicted octanol–water partition coefficient (Wildman–Crippen LogP) is 5.31. The highest BCUT2D eigenvalue weighted by molar-refractivity contribution is 7.98. The molecule has 0 bridgehead atoms. The molecule has 1 atom stereocenters. The number of hydrogen-bond acceptors (Lipinski definition) is 10. The lowest BCUT2D eigenvalue weighted by Gasteiger charge is -2.12. The van der Waals surface area contributed by atoms with E-state index in [1.54, 1.807) is 24.6 Å². The molecule has 0 saturated carbocycles. The van der Waals surface area contributed by atoms with Crippen molar-refractivity contribution in [3.8, 4) is 11.5 Å². The zero-order valence-electron chi connectivity index (χ0n) is 16.7. The van der Waals surface area contributed by atoms with Crippen LogP contribution in [-0.2, 0) is 10.5 Å². The Morgan fingerprint density at radius 3 is 2.72 bits per heavy atom. The number of non-ortho nitro benzene ring substituents is 1. The molecule has 0 aliphatic heterocycles. The molecule has 2 aromatic heterocycles. The van der Waals surface area contributed by atoms with Gasteiger partial charge in [-0.05, 0) is 31.2 Å². The predicted molar refractivity (Wildman–Crippen MR) is 118 cm³/mol. The van der Waals surface area contributed by atoms with Crippen LogP contribution in [0.1, 0.15) is 35.0 Å². The minimum absolute atomic E-state index is 0.0397. The Bertz CT molecular complexity index is 1230. The normalized spacial score (nSPS) is 11.8. The molecule has 4 rings (SSSR count). The van der Waals surface area contributed by atoms with E-state index in [-0.39, 0.29) is 17.5 Å². The standard InChI is InChI=1S/C21H16N4O5S2/c1-13(19-23-24-20(30-19)14-6-8-16(9-7-14)25(27)28)29-21(26)17-4-2-3-5-18(17)32-11-15-10-31-12-22-15/h2-10,12-13H,11H2,1H3. The summed E-state index contributed by atoms with van der Waals surface area (Å²) in [4.78, 5) is 28.1. The van der Waals surface area contributed by atoms with Crippen LogP contribution < -0.4 is 0 Å². The molecule has 0 saturated heterocycles. The quantitative estimate of drug-likeness (QED) is 0.146. The third-order valence-corrected chi connectivity index (χ3v) is 6.11. The van der Waals surface area contributed by atoms with Gasteiger partial charge >= 0.3 is 5.97 Å². The molecule has 2 heterocycles. The fourth-order valence-corrected chi connectivity index (χ4v) is 4.34. The Labute approximate surface area is 190 Å². The zero-order chi connectivity index (χ0) is 22.5. The number of hydrogen-bond donors (Lipinski definition) is 0. The molecule has 0 radical (unpaired) electrons. The minimum atomic E-state index is -0.779.